The Bertz CT molecular complexity index is 596. The van der Waals surface area contributed by atoms with E-state index in [1.165, 1.54) is 0 Å². The molecule has 2 rings (SSSR count). The number of aliphatic hydroxyl groups excluding tert-OH is 1. The van der Waals surface area contributed by atoms with E-state index in [1.807, 2.05) is 30.3 Å². The minimum Gasteiger partial charge on any atom is -0.481 e. The quantitative estimate of drug-likeness (QED) is 0.654. The van der Waals surface area contributed by atoms with Gasteiger partial charge in [0, 0.05) is 18.6 Å². The molecule has 124 valence electrons. The van der Waals surface area contributed by atoms with Crippen molar-refractivity contribution in [3.05, 3.63) is 53.4 Å². The molecule has 1 atom stereocenters. The number of ether oxygens (including phenoxy) is 1. The summed E-state index contributed by atoms with van der Waals surface area (Å²) in [7, 11) is 0. The molecular weight excluding hydrogens is 298 g/mol. The molecule has 2 aromatic rings. The number of hydrogen-bond donors (Lipinski definition) is 2. The summed E-state index contributed by atoms with van der Waals surface area (Å²) < 4.78 is 10.5. The van der Waals surface area contributed by atoms with E-state index in [0.717, 1.165) is 12.0 Å². The van der Waals surface area contributed by atoms with Gasteiger partial charge in [-0.2, -0.15) is 0 Å². The summed E-state index contributed by atoms with van der Waals surface area (Å²) in [4.78, 5) is 11.0. The third kappa shape index (κ3) is 5.84. The van der Waals surface area contributed by atoms with E-state index in [9.17, 15) is 4.79 Å². The zero-order valence-electron chi connectivity index (χ0n) is 12.9. The number of rotatable bonds is 10. The molecular formula is C17H21NO5. The summed E-state index contributed by atoms with van der Waals surface area (Å²) in [5, 5.41) is 21.9. The second-order valence-electron chi connectivity index (χ2n) is 5.35. The number of benzene rings is 1. The fraction of sp³-hybridized carbons (Fsp3) is 0.412. The number of aliphatic hydroxyl groups is 1. The maximum absolute atomic E-state index is 11.0. The molecule has 0 spiro atoms. The first-order valence-electron chi connectivity index (χ1n) is 7.59. The third-order valence-corrected chi connectivity index (χ3v) is 3.53. The Morgan fingerprint density at radius 1 is 1.30 bits per heavy atom. The van der Waals surface area contributed by atoms with Gasteiger partial charge in [-0.25, -0.2) is 0 Å². The van der Waals surface area contributed by atoms with Gasteiger partial charge in [0.15, 0.2) is 5.76 Å². The van der Waals surface area contributed by atoms with Gasteiger partial charge in [-0.1, -0.05) is 35.5 Å². The number of carboxylic acid groups (broad SMARTS) is 1. The SMILES string of the molecule is O=C(O)C[C@H](CCCOCc1ccccc1)c1cc(CO)on1. The number of carbonyl (C=O) groups is 1. The molecule has 1 aromatic heterocycles. The number of carboxylic acids is 1. The first-order chi connectivity index (χ1) is 11.2. The largest absolute Gasteiger partial charge is 0.481 e. The first kappa shape index (κ1) is 17.2. The van der Waals surface area contributed by atoms with E-state index in [-0.39, 0.29) is 18.9 Å². The van der Waals surface area contributed by atoms with Gasteiger partial charge in [-0.15, -0.1) is 0 Å². The van der Waals surface area contributed by atoms with Crippen molar-refractivity contribution < 1.29 is 24.3 Å². The molecule has 0 aliphatic heterocycles. The Balaban J connectivity index is 1.78. The molecule has 1 heterocycles. The molecule has 0 aliphatic rings. The normalized spacial score (nSPS) is 12.2. The van der Waals surface area contributed by atoms with Gasteiger partial charge in [0.05, 0.1) is 18.7 Å². The Hall–Kier alpha value is -2.18. The second kappa shape index (κ2) is 9.07. The molecule has 2 N–H and O–H groups in total. The maximum Gasteiger partial charge on any atom is 0.304 e. The van der Waals surface area contributed by atoms with Crippen LogP contribution in [-0.2, 0) is 22.7 Å². The van der Waals surface area contributed by atoms with Gasteiger partial charge in [0.2, 0.25) is 0 Å². The first-order valence-corrected chi connectivity index (χ1v) is 7.59. The van der Waals surface area contributed by atoms with Crippen LogP contribution in [0, 0.1) is 0 Å². The van der Waals surface area contributed by atoms with Crippen LogP contribution in [0.4, 0.5) is 0 Å². The highest BCUT2D eigenvalue weighted by Gasteiger charge is 2.19. The molecule has 0 aliphatic carbocycles. The van der Waals surface area contributed by atoms with Crippen LogP contribution in [-0.4, -0.2) is 27.9 Å². The van der Waals surface area contributed by atoms with E-state index < -0.39 is 5.97 Å². The van der Waals surface area contributed by atoms with Crippen molar-refractivity contribution in [2.75, 3.05) is 6.61 Å². The molecule has 6 nitrogen and oxygen atoms in total. The Morgan fingerprint density at radius 3 is 2.74 bits per heavy atom. The monoisotopic (exact) mass is 319 g/mol. The van der Waals surface area contributed by atoms with Crippen molar-refractivity contribution in [1.29, 1.82) is 0 Å². The molecule has 23 heavy (non-hydrogen) atoms. The van der Waals surface area contributed by atoms with E-state index in [4.69, 9.17) is 19.5 Å². The van der Waals surface area contributed by atoms with Crippen molar-refractivity contribution in [2.24, 2.45) is 0 Å². The molecule has 0 amide bonds. The van der Waals surface area contributed by atoms with E-state index in [2.05, 4.69) is 5.16 Å². The lowest BCUT2D eigenvalue weighted by Gasteiger charge is -2.11. The lowest BCUT2D eigenvalue weighted by molar-refractivity contribution is -0.137. The molecule has 0 radical (unpaired) electrons. The average Bonchev–Trinajstić information content (AvgIpc) is 3.03. The van der Waals surface area contributed by atoms with Gasteiger partial charge >= 0.3 is 5.97 Å². The van der Waals surface area contributed by atoms with Crippen LogP contribution in [0.3, 0.4) is 0 Å². The smallest absolute Gasteiger partial charge is 0.304 e. The predicted octanol–water partition coefficient (Wildman–Crippen LogP) is 2.72. The van der Waals surface area contributed by atoms with Crippen molar-refractivity contribution in [3.63, 3.8) is 0 Å². The molecule has 0 fully saturated rings. The van der Waals surface area contributed by atoms with Crippen LogP contribution < -0.4 is 0 Å². The summed E-state index contributed by atoms with van der Waals surface area (Å²) >= 11 is 0. The summed E-state index contributed by atoms with van der Waals surface area (Å²) in [6.45, 7) is 0.853. The highest BCUT2D eigenvalue weighted by molar-refractivity contribution is 5.67. The Morgan fingerprint density at radius 2 is 2.09 bits per heavy atom. The third-order valence-electron chi connectivity index (χ3n) is 3.53. The van der Waals surface area contributed by atoms with Gasteiger partial charge < -0.3 is 19.5 Å². The maximum atomic E-state index is 11.0. The van der Waals surface area contributed by atoms with E-state index in [1.54, 1.807) is 6.07 Å². The van der Waals surface area contributed by atoms with Crippen LogP contribution in [0.2, 0.25) is 0 Å². The van der Waals surface area contributed by atoms with E-state index >= 15 is 0 Å². The Labute approximate surface area is 134 Å². The number of aliphatic carboxylic acids is 1. The van der Waals surface area contributed by atoms with Crippen molar-refractivity contribution in [3.8, 4) is 0 Å². The fourth-order valence-electron chi connectivity index (χ4n) is 2.36. The molecule has 0 bridgehead atoms. The van der Waals surface area contributed by atoms with Gasteiger partial charge in [-0.3, -0.25) is 4.79 Å². The molecule has 0 unspecified atom stereocenters. The average molecular weight is 319 g/mol. The van der Waals surface area contributed by atoms with Gasteiger partial charge in [0.25, 0.3) is 0 Å². The lowest BCUT2D eigenvalue weighted by Crippen LogP contribution is -2.08. The summed E-state index contributed by atoms with van der Waals surface area (Å²) in [5.74, 6) is -0.777. The molecule has 0 saturated heterocycles. The minimum atomic E-state index is -0.881. The lowest BCUT2D eigenvalue weighted by atomic mass is 9.96. The van der Waals surface area contributed by atoms with Crippen LogP contribution in [0.1, 0.15) is 42.2 Å². The fourth-order valence-corrected chi connectivity index (χ4v) is 2.36. The molecule has 6 heteroatoms. The van der Waals surface area contributed by atoms with Crippen LogP contribution in [0.5, 0.6) is 0 Å². The highest BCUT2D eigenvalue weighted by atomic mass is 16.5. The van der Waals surface area contributed by atoms with Crippen molar-refractivity contribution in [2.45, 2.75) is 38.4 Å². The minimum absolute atomic E-state index is 0.0178. The molecule has 1 aromatic carbocycles. The Kier molecular flexibility index (Phi) is 6.77. The van der Waals surface area contributed by atoms with Crippen molar-refractivity contribution in [1.82, 2.24) is 5.16 Å². The second-order valence-corrected chi connectivity index (χ2v) is 5.35. The van der Waals surface area contributed by atoms with Crippen LogP contribution in [0.15, 0.2) is 40.9 Å². The number of aromatic nitrogens is 1. The van der Waals surface area contributed by atoms with Gasteiger partial charge in [0.1, 0.15) is 6.61 Å². The zero-order chi connectivity index (χ0) is 16.5. The van der Waals surface area contributed by atoms with Crippen molar-refractivity contribution >= 4 is 5.97 Å². The summed E-state index contributed by atoms with van der Waals surface area (Å²) in [5.41, 5.74) is 1.68. The van der Waals surface area contributed by atoms with Crippen LogP contribution in [0.25, 0.3) is 0 Å². The van der Waals surface area contributed by atoms with Gasteiger partial charge in [-0.05, 0) is 18.4 Å². The number of hydrogen-bond acceptors (Lipinski definition) is 5. The van der Waals surface area contributed by atoms with E-state index in [0.29, 0.717) is 31.1 Å². The standard InChI is InChI=1S/C17H21NO5/c19-11-15-10-16(18-23-15)14(9-17(20)21)7-4-8-22-12-13-5-2-1-3-6-13/h1-3,5-6,10,14,19H,4,7-9,11-12H2,(H,20,21)/t14-/m0/s1. The van der Waals surface area contributed by atoms with Crippen LogP contribution >= 0.6 is 0 Å². The molecule has 0 saturated carbocycles. The zero-order valence-corrected chi connectivity index (χ0v) is 12.9. The topological polar surface area (TPSA) is 92.8 Å². The predicted molar refractivity (Wildman–Crippen MR) is 82.8 cm³/mol. The summed E-state index contributed by atoms with van der Waals surface area (Å²) in [6, 6.07) is 11.5. The number of nitrogens with zero attached hydrogens (tertiary/aromatic N) is 1. The highest BCUT2D eigenvalue weighted by Crippen LogP contribution is 2.25. The summed E-state index contributed by atoms with van der Waals surface area (Å²) in [6.07, 6.45) is 1.35.